The Balaban J connectivity index is 2.99. The molecule has 0 fully saturated rings. The number of halogens is 1. The molecule has 2 aromatic carbocycles. The van der Waals surface area contributed by atoms with Gasteiger partial charge in [0, 0.05) is 0 Å². The van der Waals surface area contributed by atoms with Crippen molar-refractivity contribution in [3.8, 4) is 5.75 Å². The quantitative estimate of drug-likeness (QED) is 0.530. The van der Waals surface area contributed by atoms with E-state index in [2.05, 4.69) is 0 Å². The van der Waals surface area contributed by atoms with Gasteiger partial charge in [0.15, 0.2) is 0 Å². The molecule has 17 heavy (non-hydrogen) atoms. The molecule has 0 amide bonds. The molecule has 0 saturated carbocycles. The second-order valence-corrected chi connectivity index (χ2v) is 11.3. The van der Waals surface area contributed by atoms with Gasteiger partial charge in [0.2, 0.25) is 0 Å². The van der Waals surface area contributed by atoms with Crippen LogP contribution >= 0.6 is 8.25 Å². The van der Waals surface area contributed by atoms with E-state index in [1.807, 2.05) is 0 Å². The van der Waals surface area contributed by atoms with Crippen LogP contribution in [-0.2, 0) is 33.5 Å². The first-order valence-corrected chi connectivity index (χ1v) is 15.7. The van der Waals surface area contributed by atoms with Gasteiger partial charge in [-0.3, -0.25) is 0 Å². The third-order valence-corrected chi connectivity index (χ3v) is 9.11. The predicted octanol–water partition coefficient (Wildman–Crippen LogP) is 1.65. The Hall–Kier alpha value is -0.365. The van der Waals surface area contributed by atoms with Crippen LogP contribution in [0.4, 0.5) is 0 Å². The van der Waals surface area contributed by atoms with Gasteiger partial charge in [0.1, 0.15) is 0 Å². The Morgan fingerprint density at radius 1 is 1.18 bits per heavy atom. The summed E-state index contributed by atoms with van der Waals surface area (Å²) in [6.45, 7) is 0. The molecular formula is C10H7ClHgO4S. The second kappa shape index (κ2) is 4.72. The second-order valence-electron chi connectivity index (χ2n) is 3.54. The van der Waals surface area contributed by atoms with Gasteiger partial charge < -0.3 is 0 Å². The first-order chi connectivity index (χ1) is 7.95. The zero-order valence-electron chi connectivity index (χ0n) is 8.59. The average Bonchev–Trinajstić information content (AvgIpc) is 2.28. The predicted molar refractivity (Wildman–Crippen MR) is 60.9 cm³/mol. The molecule has 0 bridgehead atoms. The Labute approximate surface area is 114 Å². The molecular weight excluding hydrogens is 452 g/mol. The minimum absolute atomic E-state index is 0.0321. The van der Waals surface area contributed by atoms with E-state index < -0.39 is 33.5 Å². The molecule has 0 aromatic heterocycles. The summed E-state index contributed by atoms with van der Waals surface area (Å²) in [5, 5.41) is 10.6. The van der Waals surface area contributed by atoms with Crippen molar-refractivity contribution in [2.75, 3.05) is 0 Å². The molecule has 7 heteroatoms. The zero-order valence-corrected chi connectivity index (χ0v) is 15.7. The summed E-state index contributed by atoms with van der Waals surface area (Å²) in [6, 6.07) is 7.74. The first kappa shape index (κ1) is 13.1. The van der Waals surface area contributed by atoms with Crippen LogP contribution in [0.1, 0.15) is 0 Å². The van der Waals surface area contributed by atoms with E-state index in [4.69, 9.17) is 8.25 Å². The standard InChI is InChI=1S/C10H7O4S.ClH.Hg/c11-9-5-6-10(15(12,13)14)8-4-2-1-3-7(8)9;;/h1-4,6,11H,(H,12,13,14);1H;/q;;+1/p-1. The minimum atomic E-state index is -4.31. The van der Waals surface area contributed by atoms with E-state index >= 15 is 0 Å². The molecule has 2 N–H and O–H groups in total. The molecule has 0 aliphatic carbocycles. The van der Waals surface area contributed by atoms with Gasteiger partial charge in [0.05, 0.1) is 0 Å². The van der Waals surface area contributed by atoms with Crippen LogP contribution in [0.15, 0.2) is 35.2 Å². The summed E-state index contributed by atoms with van der Waals surface area (Å²) in [5.74, 6) is 0.0321. The van der Waals surface area contributed by atoms with E-state index in [1.165, 1.54) is 12.1 Å². The number of hydrogen-bond acceptors (Lipinski definition) is 3. The summed E-state index contributed by atoms with van der Waals surface area (Å²) in [5.41, 5.74) is 0. The van der Waals surface area contributed by atoms with Crippen molar-refractivity contribution in [2.45, 2.75) is 4.90 Å². The molecule has 0 radical (unpaired) electrons. The molecule has 0 heterocycles. The van der Waals surface area contributed by atoms with E-state index in [0.717, 1.165) is 0 Å². The van der Waals surface area contributed by atoms with Crippen molar-refractivity contribution in [3.05, 3.63) is 30.3 Å². The number of rotatable bonds is 2. The van der Waals surface area contributed by atoms with Gasteiger partial charge in [-0.1, -0.05) is 0 Å². The van der Waals surface area contributed by atoms with Crippen LogP contribution in [0.2, 0.25) is 0 Å². The van der Waals surface area contributed by atoms with Crippen molar-refractivity contribution in [2.24, 2.45) is 0 Å². The maximum atomic E-state index is 11.3. The van der Waals surface area contributed by atoms with Gasteiger partial charge in [-0.05, 0) is 0 Å². The van der Waals surface area contributed by atoms with Crippen LogP contribution in [0.25, 0.3) is 10.8 Å². The third-order valence-electron chi connectivity index (χ3n) is 2.48. The van der Waals surface area contributed by atoms with Crippen LogP contribution in [0.5, 0.6) is 5.75 Å². The number of benzene rings is 2. The summed E-state index contributed by atoms with van der Waals surface area (Å²) in [6.07, 6.45) is 0. The molecule has 4 nitrogen and oxygen atoms in total. The fourth-order valence-electron chi connectivity index (χ4n) is 1.70. The number of phenols is 1. The van der Waals surface area contributed by atoms with Gasteiger partial charge in [-0.15, -0.1) is 0 Å². The number of aromatic hydroxyl groups is 1. The van der Waals surface area contributed by atoms with Gasteiger partial charge in [0.25, 0.3) is 0 Å². The fourth-order valence-corrected chi connectivity index (χ4v) is 7.13. The van der Waals surface area contributed by atoms with Crippen LogP contribution in [0.3, 0.4) is 0 Å². The monoisotopic (exact) mass is 460 g/mol. The molecule has 0 aliphatic heterocycles. The Morgan fingerprint density at radius 2 is 1.76 bits per heavy atom. The van der Waals surface area contributed by atoms with Crippen molar-refractivity contribution < 1.29 is 41.4 Å². The number of phenolic OH excluding ortho intramolecular Hbond substituents is 1. The van der Waals surface area contributed by atoms with E-state index in [-0.39, 0.29) is 10.6 Å². The van der Waals surface area contributed by atoms with Crippen molar-refractivity contribution in [1.29, 1.82) is 0 Å². The summed E-state index contributed by atoms with van der Waals surface area (Å²) < 4.78 is 32.2. The van der Waals surface area contributed by atoms with Crippen molar-refractivity contribution in [3.63, 3.8) is 0 Å². The summed E-state index contributed by atoms with van der Waals surface area (Å²) >= 11 is -1.99. The van der Waals surface area contributed by atoms with Crippen LogP contribution in [-0.4, -0.2) is 18.1 Å². The molecule has 0 atom stereocenters. The summed E-state index contributed by atoms with van der Waals surface area (Å²) in [7, 11) is 1.53. The van der Waals surface area contributed by atoms with Crippen molar-refractivity contribution in [1.82, 2.24) is 0 Å². The van der Waals surface area contributed by atoms with Crippen LogP contribution in [0, 0.1) is 0 Å². The molecule has 0 unspecified atom stereocenters. The van der Waals surface area contributed by atoms with Crippen molar-refractivity contribution >= 4 is 32.2 Å². The topological polar surface area (TPSA) is 74.6 Å². The Morgan fingerprint density at radius 3 is 2.29 bits per heavy atom. The van der Waals surface area contributed by atoms with Gasteiger partial charge in [-0.2, -0.15) is 0 Å². The van der Waals surface area contributed by atoms with Gasteiger partial charge in [-0.25, -0.2) is 0 Å². The Kier molecular flexibility index (Phi) is 3.63. The van der Waals surface area contributed by atoms with E-state index in [0.29, 0.717) is 13.8 Å². The van der Waals surface area contributed by atoms with E-state index in [1.54, 1.807) is 18.2 Å². The zero-order chi connectivity index (χ0) is 12.6. The van der Waals surface area contributed by atoms with E-state index in [9.17, 15) is 18.1 Å². The summed E-state index contributed by atoms with van der Waals surface area (Å²) in [4.78, 5) is -0.193. The number of hydrogen-bond donors (Lipinski definition) is 2. The molecule has 2 rings (SSSR count). The SMILES string of the molecule is O=S(=O)(O)c1c[c]([Hg][Cl])c(O)c2ccccc12. The third kappa shape index (κ3) is 2.42. The Bertz CT molecular complexity index is 684. The average molecular weight is 459 g/mol. The van der Waals surface area contributed by atoms with Gasteiger partial charge >= 0.3 is 115 Å². The van der Waals surface area contributed by atoms with Crippen LogP contribution < -0.4 is 3.07 Å². The molecule has 86 valence electrons. The molecule has 2 aromatic rings. The number of fused-ring (bicyclic) bond motifs is 1. The first-order valence-electron chi connectivity index (χ1n) is 4.72. The molecule has 0 aliphatic rings. The fraction of sp³-hybridized carbons (Fsp3) is 0. The normalized spacial score (nSPS) is 11.4. The molecule has 0 spiro atoms. The maximum absolute atomic E-state index is 11.3. The molecule has 0 saturated heterocycles.